The van der Waals surface area contributed by atoms with E-state index in [-0.39, 0.29) is 35.6 Å². The zero-order valence-electron chi connectivity index (χ0n) is 22.5. The summed E-state index contributed by atoms with van der Waals surface area (Å²) in [5.74, 6) is -0.189. The highest BCUT2D eigenvalue weighted by Gasteiger charge is 2.39. The number of carbonyl (C=O) groups excluding carboxylic acids is 3. The lowest BCUT2D eigenvalue weighted by atomic mass is 9.83. The van der Waals surface area contributed by atoms with Crippen molar-refractivity contribution in [3.63, 3.8) is 0 Å². The Morgan fingerprint density at radius 3 is 2.25 bits per heavy atom. The molecule has 2 aromatic carbocycles. The first-order chi connectivity index (χ1) is 19.2. The normalized spacial score (nSPS) is 19.9. The van der Waals surface area contributed by atoms with Gasteiger partial charge in [-0.15, -0.1) is 0 Å². The first-order valence-electron chi connectivity index (χ1n) is 13.4. The lowest BCUT2D eigenvalue weighted by Gasteiger charge is -2.44. The van der Waals surface area contributed by atoms with Crippen molar-refractivity contribution in [1.29, 1.82) is 0 Å². The van der Waals surface area contributed by atoms with Crippen molar-refractivity contribution in [2.45, 2.75) is 38.1 Å². The monoisotopic (exact) mass is 582 g/mol. The molecule has 0 saturated carbocycles. The minimum absolute atomic E-state index is 0.0483. The van der Waals surface area contributed by atoms with E-state index in [1.165, 1.54) is 6.33 Å². The smallest absolute Gasteiger partial charge is 0.253 e. The highest BCUT2D eigenvalue weighted by atomic mass is 35.5. The van der Waals surface area contributed by atoms with Gasteiger partial charge >= 0.3 is 0 Å². The molecule has 2 saturated heterocycles. The fourth-order valence-corrected chi connectivity index (χ4v) is 6.13. The summed E-state index contributed by atoms with van der Waals surface area (Å²) >= 11 is 12.6. The summed E-state index contributed by atoms with van der Waals surface area (Å²) in [4.78, 5) is 48.4. The number of halogens is 2. The van der Waals surface area contributed by atoms with Gasteiger partial charge in [0.25, 0.3) is 5.91 Å². The lowest BCUT2D eigenvalue weighted by molar-refractivity contribution is -0.141. The number of rotatable bonds is 5. The molecule has 40 heavy (non-hydrogen) atoms. The largest absolute Gasteiger partial charge is 0.343 e. The fourth-order valence-electron chi connectivity index (χ4n) is 5.83. The van der Waals surface area contributed by atoms with Gasteiger partial charge in [-0.05, 0) is 61.2 Å². The number of benzene rings is 2. The van der Waals surface area contributed by atoms with E-state index in [2.05, 4.69) is 10.1 Å². The molecule has 3 amide bonds. The third-order valence-electron chi connectivity index (χ3n) is 8.16. The van der Waals surface area contributed by atoms with Crippen LogP contribution in [0.1, 0.15) is 48.0 Å². The number of hydrogen-bond acceptors (Lipinski definition) is 5. The average Bonchev–Trinajstić information content (AvgIpc) is 3.52. The maximum atomic E-state index is 13.6. The van der Waals surface area contributed by atoms with Crippen LogP contribution in [0.4, 0.5) is 0 Å². The topological polar surface area (TPSA) is 91.6 Å². The summed E-state index contributed by atoms with van der Waals surface area (Å²) in [7, 11) is 1.82. The third-order valence-corrected chi connectivity index (χ3v) is 8.90. The van der Waals surface area contributed by atoms with Gasteiger partial charge in [-0.25, -0.2) is 9.67 Å². The zero-order chi connectivity index (χ0) is 28.4. The van der Waals surface area contributed by atoms with Crippen LogP contribution in [0.5, 0.6) is 0 Å². The van der Waals surface area contributed by atoms with Crippen LogP contribution in [-0.2, 0) is 9.59 Å². The highest BCUT2D eigenvalue weighted by Crippen LogP contribution is 2.35. The second-order valence-electron chi connectivity index (χ2n) is 10.5. The van der Waals surface area contributed by atoms with Crippen LogP contribution in [0.2, 0.25) is 10.0 Å². The Morgan fingerprint density at radius 1 is 0.925 bits per heavy atom. The Morgan fingerprint density at radius 2 is 1.62 bits per heavy atom. The molecule has 0 radical (unpaired) electrons. The minimum Gasteiger partial charge on any atom is -0.343 e. The van der Waals surface area contributed by atoms with E-state index in [0.29, 0.717) is 61.1 Å². The van der Waals surface area contributed by atoms with Gasteiger partial charge in [0.05, 0.1) is 15.7 Å². The Bertz CT molecular complexity index is 1370. The summed E-state index contributed by atoms with van der Waals surface area (Å²) in [6, 6.07) is 12.6. The van der Waals surface area contributed by atoms with Gasteiger partial charge in [0.15, 0.2) is 0 Å². The number of likely N-dealkylation sites (N-methyl/N-ethyl adjacent to an activating group) is 1. The lowest BCUT2D eigenvalue weighted by Crippen LogP contribution is -2.53. The van der Waals surface area contributed by atoms with Crippen LogP contribution in [0, 0.1) is 5.92 Å². The molecule has 3 aromatic rings. The van der Waals surface area contributed by atoms with E-state index in [0.717, 1.165) is 11.3 Å². The van der Waals surface area contributed by atoms with E-state index in [1.807, 2.05) is 36.2 Å². The number of nitrogens with zero attached hydrogens (tertiary/aromatic N) is 6. The zero-order valence-corrected chi connectivity index (χ0v) is 24.1. The quantitative estimate of drug-likeness (QED) is 0.447. The van der Waals surface area contributed by atoms with E-state index in [4.69, 9.17) is 23.2 Å². The number of aromatic nitrogens is 3. The van der Waals surface area contributed by atoms with E-state index < -0.39 is 0 Å². The van der Waals surface area contributed by atoms with Crippen molar-refractivity contribution in [3.8, 4) is 5.69 Å². The summed E-state index contributed by atoms with van der Waals surface area (Å²) < 4.78 is 1.63. The van der Waals surface area contributed by atoms with Crippen LogP contribution < -0.4 is 0 Å². The van der Waals surface area contributed by atoms with Crippen LogP contribution >= 0.6 is 23.2 Å². The van der Waals surface area contributed by atoms with Crippen LogP contribution in [-0.4, -0.2) is 86.5 Å². The SMILES string of the molecule is CC(=O)N1CCC(C(=O)N2CC[C@@H](N(C)C(=O)c3ccc(-n4cncn4)cc3)[C@H](c3ccc(Cl)c(Cl)c3)C2)CC1. The molecule has 2 aliphatic heterocycles. The predicted octanol–water partition coefficient (Wildman–Crippen LogP) is 4.29. The molecule has 0 unspecified atom stereocenters. The first-order valence-corrected chi connectivity index (χ1v) is 14.2. The summed E-state index contributed by atoms with van der Waals surface area (Å²) in [5, 5.41) is 5.03. The molecule has 0 spiro atoms. The molecular weight excluding hydrogens is 551 g/mol. The van der Waals surface area contributed by atoms with Crippen molar-refractivity contribution < 1.29 is 14.4 Å². The van der Waals surface area contributed by atoms with Gasteiger partial charge < -0.3 is 14.7 Å². The van der Waals surface area contributed by atoms with E-state index >= 15 is 0 Å². The highest BCUT2D eigenvalue weighted by molar-refractivity contribution is 6.42. The van der Waals surface area contributed by atoms with Crippen molar-refractivity contribution in [3.05, 3.63) is 76.3 Å². The molecule has 0 aliphatic carbocycles. The van der Waals surface area contributed by atoms with Crippen molar-refractivity contribution in [2.75, 3.05) is 33.2 Å². The van der Waals surface area contributed by atoms with Crippen molar-refractivity contribution in [1.82, 2.24) is 29.5 Å². The second-order valence-corrected chi connectivity index (χ2v) is 11.3. The van der Waals surface area contributed by atoms with Crippen LogP contribution in [0.25, 0.3) is 5.69 Å². The van der Waals surface area contributed by atoms with Gasteiger partial charge in [-0.2, -0.15) is 5.10 Å². The van der Waals surface area contributed by atoms with Gasteiger partial charge in [-0.3, -0.25) is 14.4 Å². The maximum Gasteiger partial charge on any atom is 0.253 e. The van der Waals surface area contributed by atoms with Gasteiger partial charge in [-0.1, -0.05) is 29.3 Å². The van der Waals surface area contributed by atoms with Crippen LogP contribution in [0.3, 0.4) is 0 Å². The summed E-state index contributed by atoms with van der Waals surface area (Å²) in [5.41, 5.74) is 2.31. The first kappa shape index (κ1) is 28.1. The number of amides is 3. The molecule has 210 valence electrons. The average molecular weight is 584 g/mol. The third kappa shape index (κ3) is 5.86. The van der Waals surface area contributed by atoms with Gasteiger partial charge in [0, 0.05) is 63.6 Å². The molecule has 9 nitrogen and oxygen atoms in total. The molecule has 2 atom stereocenters. The molecule has 5 rings (SSSR count). The maximum absolute atomic E-state index is 13.6. The summed E-state index contributed by atoms with van der Waals surface area (Å²) in [6.07, 6.45) is 5.02. The predicted molar refractivity (Wildman–Crippen MR) is 153 cm³/mol. The number of hydrogen-bond donors (Lipinski definition) is 0. The Hall–Kier alpha value is -3.43. The Labute approximate surface area is 243 Å². The molecule has 2 aliphatic rings. The molecule has 11 heteroatoms. The van der Waals surface area contributed by atoms with E-state index in [9.17, 15) is 14.4 Å². The van der Waals surface area contributed by atoms with Crippen molar-refractivity contribution in [2.24, 2.45) is 5.92 Å². The Kier molecular flexibility index (Phi) is 8.42. The fraction of sp³-hybridized carbons (Fsp3) is 0.414. The minimum atomic E-state index is -0.150. The van der Waals surface area contributed by atoms with Gasteiger partial charge in [0.2, 0.25) is 11.8 Å². The number of carbonyl (C=O) groups is 3. The molecule has 2 fully saturated rings. The molecule has 3 heterocycles. The standard InChI is InChI=1S/C29H32Cl2N6O3/c1-19(38)35-12-9-21(10-13-35)29(40)36-14-11-27(24(16-36)22-5-8-25(30)26(31)15-22)34(2)28(39)20-3-6-23(7-4-20)37-18-32-17-33-37/h3-8,15,17-18,21,24,27H,9-14,16H2,1-2H3/t24-,27+/m0/s1. The van der Waals surface area contributed by atoms with Crippen LogP contribution in [0.15, 0.2) is 55.1 Å². The Balaban J connectivity index is 1.35. The molecular formula is C29H32Cl2N6O3. The molecule has 1 aromatic heterocycles. The molecule has 0 N–H and O–H groups in total. The number of likely N-dealkylation sites (tertiary alicyclic amines) is 2. The summed E-state index contributed by atoms with van der Waals surface area (Å²) in [6.45, 7) is 3.79. The van der Waals surface area contributed by atoms with E-state index in [1.54, 1.807) is 45.9 Å². The second kappa shape index (κ2) is 12.0. The number of piperidine rings is 2. The van der Waals surface area contributed by atoms with Gasteiger partial charge in [0.1, 0.15) is 12.7 Å². The molecule has 0 bridgehead atoms. The van der Waals surface area contributed by atoms with Crippen molar-refractivity contribution >= 4 is 40.9 Å².